The SMILES string of the molecule is CCOC(=O)C1CCN(C(=O)c2ccc(NC(=O)C3CCCNC3)cc2)CC1.Cl. The van der Waals surface area contributed by atoms with Gasteiger partial charge in [-0.05, 0) is 63.4 Å². The quantitative estimate of drug-likeness (QED) is 0.710. The second-order valence-corrected chi connectivity index (χ2v) is 7.43. The summed E-state index contributed by atoms with van der Waals surface area (Å²) in [6.07, 6.45) is 3.18. The number of nitrogens with one attached hydrogen (secondary N) is 2. The van der Waals surface area contributed by atoms with Crippen molar-refractivity contribution in [1.82, 2.24) is 10.2 Å². The van der Waals surface area contributed by atoms with Crippen molar-refractivity contribution in [2.45, 2.75) is 32.6 Å². The first-order chi connectivity index (χ1) is 13.6. The van der Waals surface area contributed by atoms with Gasteiger partial charge in [-0.1, -0.05) is 0 Å². The van der Waals surface area contributed by atoms with Crippen molar-refractivity contribution in [3.8, 4) is 0 Å². The maximum atomic E-state index is 12.7. The van der Waals surface area contributed by atoms with Gasteiger partial charge in [-0.25, -0.2) is 0 Å². The lowest BCUT2D eigenvalue weighted by molar-refractivity contribution is -0.149. The Bertz CT molecular complexity index is 696. The molecule has 0 radical (unpaired) electrons. The molecule has 0 spiro atoms. The van der Waals surface area contributed by atoms with Gasteiger partial charge in [0.1, 0.15) is 0 Å². The van der Waals surface area contributed by atoms with Gasteiger partial charge in [0.15, 0.2) is 0 Å². The van der Waals surface area contributed by atoms with E-state index in [4.69, 9.17) is 4.74 Å². The van der Waals surface area contributed by atoms with Crippen molar-refractivity contribution >= 4 is 35.9 Å². The van der Waals surface area contributed by atoms with Gasteiger partial charge in [0.2, 0.25) is 5.91 Å². The van der Waals surface area contributed by atoms with E-state index >= 15 is 0 Å². The largest absolute Gasteiger partial charge is 0.466 e. The zero-order valence-corrected chi connectivity index (χ0v) is 17.6. The summed E-state index contributed by atoms with van der Waals surface area (Å²) in [6, 6.07) is 7.03. The number of hydrogen-bond acceptors (Lipinski definition) is 5. The predicted molar refractivity (Wildman–Crippen MR) is 113 cm³/mol. The number of halogens is 1. The van der Waals surface area contributed by atoms with Gasteiger partial charge in [0, 0.05) is 30.9 Å². The van der Waals surface area contributed by atoms with E-state index in [9.17, 15) is 14.4 Å². The van der Waals surface area contributed by atoms with Crippen LogP contribution in [-0.4, -0.2) is 55.5 Å². The van der Waals surface area contributed by atoms with Crippen LogP contribution in [0.25, 0.3) is 0 Å². The number of benzene rings is 1. The molecular weight excluding hydrogens is 394 g/mol. The minimum Gasteiger partial charge on any atom is -0.466 e. The fourth-order valence-electron chi connectivity index (χ4n) is 3.78. The summed E-state index contributed by atoms with van der Waals surface area (Å²) in [4.78, 5) is 38.6. The number of ether oxygens (including phenoxy) is 1. The molecule has 160 valence electrons. The third kappa shape index (κ3) is 6.18. The van der Waals surface area contributed by atoms with E-state index in [0.717, 1.165) is 19.4 Å². The number of likely N-dealkylation sites (tertiary alicyclic amines) is 1. The van der Waals surface area contributed by atoms with Crippen molar-refractivity contribution in [3.63, 3.8) is 0 Å². The van der Waals surface area contributed by atoms with Crippen LogP contribution >= 0.6 is 12.4 Å². The lowest BCUT2D eigenvalue weighted by Crippen LogP contribution is -2.40. The van der Waals surface area contributed by atoms with Crippen LogP contribution in [0.3, 0.4) is 0 Å². The van der Waals surface area contributed by atoms with E-state index in [1.807, 2.05) is 0 Å². The van der Waals surface area contributed by atoms with Gasteiger partial charge in [-0.2, -0.15) is 0 Å². The Balaban J connectivity index is 0.00000300. The summed E-state index contributed by atoms with van der Waals surface area (Å²) in [5.74, 6) is -0.307. The van der Waals surface area contributed by atoms with E-state index in [2.05, 4.69) is 10.6 Å². The van der Waals surface area contributed by atoms with Crippen LogP contribution in [-0.2, 0) is 14.3 Å². The second-order valence-electron chi connectivity index (χ2n) is 7.43. The summed E-state index contributed by atoms with van der Waals surface area (Å²) >= 11 is 0. The molecule has 0 aromatic heterocycles. The highest BCUT2D eigenvalue weighted by Crippen LogP contribution is 2.21. The molecule has 2 aliphatic rings. The van der Waals surface area contributed by atoms with E-state index in [1.54, 1.807) is 36.1 Å². The van der Waals surface area contributed by atoms with Gasteiger partial charge in [0.25, 0.3) is 5.91 Å². The molecule has 29 heavy (non-hydrogen) atoms. The molecule has 0 saturated carbocycles. The zero-order chi connectivity index (χ0) is 19.9. The Kier molecular flexibility index (Phi) is 8.92. The summed E-state index contributed by atoms with van der Waals surface area (Å²) in [7, 11) is 0. The van der Waals surface area contributed by atoms with Crippen LogP contribution in [0.2, 0.25) is 0 Å². The number of amides is 2. The van der Waals surface area contributed by atoms with Crippen molar-refractivity contribution in [3.05, 3.63) is 29.8 Å². The fourth-order valence-corrected chi connectivity index (χ4v) is 3.78. The number of rotatable bonds is 5. The zero-order valence-electron chi connectivity index (χ0n) is 16.8. The lowest BCUT2D eigenvalue weighted by atomic mass is 9.96. The fraction of sp³-hybridized carbons (Fsp3) is 0.571. The van der Waals surface area contributed by atoms with E-state index < -0.39 is 0 Å². The first-order valence-electron chi connectivity index (χ1n) is 10.2. The average molecular weight is 424 g/mol. The maximum absolute atomic E-state index is 12.7. The molecule has 2 fully saturated rings. The maximum Gasteiger partial charge on any atom is 0.309 e. The van der Waals surface area contributed by atoms with Gasteiger partial charge in [-0.15, -0.1) is 12.4 Å². The number of nitrogens with zero attached hydrogens (tertiary/aromatic N) is 1. The summed E-state index contributed by atoms with van der Waals surface area (Å²) in [5, 5.41) is 6.17. The molecule has 2 N–H and O–H groups in total. The highest BCUT2D eigenvalue weighted by Gasteiger charge is 2.28. The average Bonchev–Trinajstić information content (AvgIpc) is 2.74. The predicted octanol–water partition coefficient (Wildman–Crippen LogP) is 2.46. The Morgan fingerprint density at radius 2 is 1.79 bits per heavy atom. The molecule has 0 aliphatic carbocycles. The smallest absolute Gasteiger partial charge is 0.309 e. The third-order valence-electron chi connectivity index (χ3n) is 5.47. The number of hydrogen-bond donors (Lipinski definition) is 2. The molecule has 1 atom stereocenters. The van der Waals surface area contributed by atoms with Crippen molar-refractivity contribution < 1.29 is 19.1 Å². The van der Waals surface area contributed by atoms with Gasteiger partial charge in [-0.3, -0.25) is 14.4 Å². The molecule has 2 saturated heterocycles. The van der Waals surface area contributed by atoms with Crippen molar-refractivity contribution in [2.75, 3.05) is 38.1 Å². The molecule has 7 nitrogen and oxygen atoms in total. The first-order valence-corrected chi connectivity index (χ1v) is 10.2. The Morgan fingerprint density at radius 3 is 2.38 bits per heavy atom. The lowest BCUT2D eigenvalue weighted by Gasteiger charge is -2.31. The first kappa shape index (κ1) is 23.2. The highest BCUT2D eigenvalue weighted by atomic mass is 35.5. The van der Waals surface area contributed by atoms with Crippen LogP contribution in [0, 0.1) is 11.8 Å². The summed E-state index contributed by atoms with van der Waals surface area (Å²) < 4.78 is 5.07. The van der Waals surface area contributed by atoms with Gasteiger partial charge < -0.3 is 20.3 Å². The van der Waals surface area contributed by atoms with Crippen LogP contribution in [0.15, 0.2) is 24.3 Å². The molecule has 1 aromatic rings. The molecule has 3 rings (SSSR count). The van der Waals surface area contributed by atoms with E-state index in [-0.39, 0.29) is 42.0 Å². The molecular formula is C21H30ClN3O4. The number of esters is 1. The summed E-state index contributed by atoms with van der Waals surface area (Å²) in [5.41, 5.74) is 1.29. The Labute approximate surface area is 178 Å². The third-order valence-corrected chi connectivity index (χ3v) is 5.47. The van der Waals surface area contributed by atoms with Crippen molar-refractivity contribution in [1.29, 1.82) is 0 Å². The molecule has 1 unspecified atom stereocenters. The monoisotopic (exact) mass is 423 g/mol. The highest BCUT2D eigenvalue weighted by molar-refractivity contribution is 5.96. The topological polar surface area (TPSA) is 87.7 Å². The van der Waals surface area contributed by atoms with Crippen molar-refractivity contribution in [2.24, 2.45) is 11.8 Å². The minimum absolute atomic E-state index is 0. The van der Waals surface area contributed by atoms with Crippen LogP contribution in [0.4, 0.5) is 5.69 Å². The Hall–Kier alpha value is -2.12. The molecule has 2 amide bonds. The molecule has 0 bridgehead atoms. The van der Waals surface area contributed by atoms with E-state index in [1.165, 1.54) is 0 Å². The van der Waals surface area contributed by atoms with E-state index in [0.29, 0.717) is 50.3 Å². The van der Waals surface area contributed by atoms with Gasteiger partial charge in [0.05, 0.1) is 18.4 Å². The molecule has 1 aromatic carbocycles. The minimum atomic E-state index is -0.164. The number of carbonyl (C=O) groups is 3. The normalized spacial score (nSPS) is 19.8. The molecule has 2 aliphatic heterocycles. The standard InChI is InChI=1S/C21H29N3O4.ClH/c1-2-28-21(27)16-9-12-24(13-10-16)20(26)15-5-7-18(8-6-15)23-19(25)17-4-3-11-22-14-17;/h5-8,16-17,22H,2-4,9-14H2,1H3,(H,23,25);1H. The number of carbonyl (C=O) groups excluding carboxylic acids is 3. The second kappa shape index (κ2) is 11.2. The Morgan fingerprint density at radius 1 is 1.10 bits per heavy atom. The van der Waals surface area contributed by atoms with Crippen LogP contribution < -0.4 is 10.6 Å². The number of anilines is 1. The molecule has 8 heteroatoms. The molecule has 2 heterocycles. The van der Waals surface area contributed by atoms with Gasteiger partial charge >= 0.3 is 5.97 Å². The number of piperidine rings is 2. The van der Waals surface area contributed by atoms with Crippen LogP contribution in [0.1, 0.15) is 43.0 Å². The van der Waals surface area contributed by atoms with Crippen LogP contribution in [0.5, 0.6) is 0 Å². The summed E-state index contributed by atoms with van der Waals surface area (Å²) in [6.45, 7) is 4.97.